The number of hydrogen-bond donors (Lipinski definition) is 1. The number of aromatic nitrogens is 2. The van der Waals surface area contributed by atoms with E-state index in [1.54, 1.807) is 12.3 Å². The van der Waals surface area contributed by atoms with E-state index < -0.39 is 0 Å². The summed E-state index contributed by atoms with van der Waals surface area (Å²) in [4.78, 5) is 20.9. The van der Waals surface area contributed by atoms with Crippen molar-refractivity contribution in [1.82, 2.24) is 9.97 Å². The summed E-state index contributed by atoms with van der Waals surface area (Å²) < 4.78 is 11.3. The van der Waals surface area contributed by atoms with Gasteiger partial charge in [0.1, 0.15) is 5.75 Å². The summed E-state index contributed by atoms with van der Waals surface area (Å²) in [5, 5.41) is 2.85. The van der Waals surface area contributed by atoms with E-state index in [2.05, 4.69) is 15.3 Å². The molecule has 0 spiro atoms. The van der Waals surface area contributed by atoms with Crippen LogP contribution in [-0.2, 0) is 4.79 Å². The molecule has 4 rings (SSSR count). The van der Waals surface area contributed by atoms with Gasteiger partial charge in [-0.2, -0.15) is 4.98 Å². The van der Waals surface area contributed by atoms with Gasteiger partial charge in [-0.15, -0.1) is 0 Å². The van der Waals surface area contributed by atoms with Crippen LogP contribution in [0.1, 0.15) is 11.1 Å². The van der Waals surface area contributed by atoms with Crippen molar-refractivity contribution in [2.75, 3.05) is 11.9 Å². The highest BCUT2D eigenvalue weighted by Crippen LogP contribution is 2.28. The molecule has 2 aromatic carbocycles. The van der Waals surface area contributed by atoms with E-state index in [1.807, 2.05) is 62.4 Å². The molecule has 0 unspecified atom stereocenters. The first-order chi connectivity index (χ1) is 13.6. The first-order valence-corrected chi connectivity index (χ1v) is 8.90. The maximum absolute atomic E-state index is 12.3. The highest BCUT2D eigenvalue weighted by molar-refractivity contribution is 5.92. The maximum atomic E-state index is 12.3. The molecule has 0 radical (unpaired) electrons. The number of fused-ring (bicyclic) bond motifs is 1. The summed E-state index contributed by atoms with van der Waals surface area (Å²) in [6.07, 6.45) is 1.67. The topological polar surface area (TPSA) is 77.2 Å². The van der Waals surface area contributed by atoms with E-state index in [4.69, 9.17) is 9.15 Å². The Hall–Kier alpha value is -3.67. The predicted molar refractivity (Wildman–Crippen MR) is 107 cm³/mol. The van der Waals surface area contributed by atoms with Crippen molar-refractivity contribution in [3.63, 3.8) is 0 Å². The fraction of sp³-hybridized carbons (Fsp3) is 0.136. The van der Waals surface area contributed by atoms with Gasteiger partial charge in [0.15, 0.2) is 17.8 Å². The zero-order valence-corrected chi connectivity index (χ0v) is 15.6. The number of rotatable bonds is 5. The van der Waals surface area contributed by atoms with Crippen molar-refractivity contribution in [2.45, 2.75) is 13.8 Å². The Balaban J connectivity index is 1.49. The van der Waals surface area contributed by atoms with Crippen LogP contribution in [0.2, 0.25) is 0 Å². The molecule has 2 aromatic heterocycles. The molecule has 0 saturated carbocycles. The van der Waals surface area contributed by atoms with Crippen LogP contribution in [0.25, 0.3) is 22.7 Å². The van der Waals surface area contributed by atoms with Crippen molar-refractivity contribution in [1.29, 1.82) is 0 Å². The summed E-state index contributed by atoms with van der Waals surface area (Å²) in [6, 6.07) is 16.8. The minimum atomic E-state index is -0.240. The van der Waals surface area contributed by atoms with Gasteiger partial charge in [0.05, 0.1) is 0 Å². The molecular formula is C22H19N3O3. The number of amides is 1. The number of carbonyl (C=O) groups is 1. The minimum Gasteiger partial charge on any atom is -0.484 e. The van der Waals surface area contributed by atoms with Crippen LogP contribution in [0, 0.1) is 13.8 Å². The summed E-state index contributed by atoms with van der Waals surface area (Å²) in [5.41, 5.74) is 4.69. The van der Waals surface area contributed by atoms with Gasteiger partial charge in [-0.3, -0.25) is 4.79 Å². The molecule has 6 heteroatoms. The minimum absolute atomic E-state index is 0.0700. The van der Waals surface area contributed by atoms with Crippen molar-refractivity contribution in [2.24, 2.45) is 0 Å². The van der Waals surface area contributed by atoms with Crippen LogP contribution < -0.4 is 10.1 Å². The lowest BCUT2D eigenvalue weighted by molar-refractivity contribution is -0.118. The first kappa shape index (κ1) is 17.7. The largest absolute Gasteiger partial charge is 0.484 e. The van der Waals surface area contributed by atoms with Gasteiger partial charge in [-0.25, -0.2) is 4.98 Å². The number of carbonyl (C=O) groups excluding carboxylic acids is 1. The van der Waals surface area contributed by atoms with Gasteiger partial charge in [-0.1, -0.05) is 18.2 Å². The quantitative estimate of drug-likeness (QED) is 0.556. The lowest BCUT2D eigenvalue weighted by Gasteiger charge is -2.10. The molecule has 0 aliphatic rings. The van der Waals surface area contributed by atoms with Gasteiger partial charge in [0, 0.05) is 17.4 Å². The zero-order chi connectivity index (χ0) is 19.5. The number of ether oxygens (including phenoxy) is 1. The molecule has 28 heavy (non-hydrogen) atoms. The Morgan fingerprint density at radius 3 is 2.82 bits per heavy atom. The van der Waals surface area contributed by atoms with E-state index in [1.165, 1.54) is 0 Å². The standard InChI is InChI=1S/C22H19N3O3/c1-14-5-3-6-17(11-14)27-13-20(26)24-16-9-8-15(2)18(12-16)22-25-21-19(28-22)7-4-10-23-21/h3-12H,13H2,1-2H3,(H,24,26). The molecule has 0 fully saturated rings. The molecule has 0 aliphatic heterocycles. The van der Waals surface area contributed by atoms with Crippen molar-refractivity contribution >= 4 is 22.8 Å². The van der Waals surface area contributed by atoms with Gasteiger partial charge < -0.3 is 14.5 Å². The van der Waals surface area contributed by atoms with Crippen LogP contribution in [-0.4, -0.2) is 22.5 Å². The second-order valence-corrected chi connectivity index (χ2v) is 6.53. The average Bonchev–Trinajstić information content (AvgIpc) is 3.12. The molecule has 6 nitrogen and oxygen atoms in total. The summed E-state index contributed by atoms with van der Waals surface area (Å²) >= 11 is 0. The third-order valence-electron chi connectivity index (χ3n) is 4.28. The number of oxazole rings is 1. The lowest BCUT2D eigenvalue weighted by Crippen LogP contribution is -2.20. The van der Waals surface area contributed by atoms with Gasteiger partial charge in [0.2, 0.25) is 5.89 Å². The van der Waals surface area contributed by atoms with Crippen LogP contribution in [0.3, 0.4) is 0 Å². The molecule has 1 N–H and O–H groups in total. The molecule has 0 aliphatic carbocycles. The Morgan fingerprint density at radius 1 is 1.11 bits per heavy atom. The second-order valence-electron chi connectivity index (χ2n) is 6.53. The Kier molecular flexibility index (Phi) is 4.76. The number of pyridine rings is 1. The summed E-state index contributed by atoms with van der Waals surface area (Å²) in [6.45, 7) is 3.87. The first-order valence-electron chi connectivity index (χ1n) is 8.90. The maximum Gasteiger partial charge on any atom is 0.262 e. The molecule has 4 aromatic rings. The molecule has 0 atom stereocenters. The molecule has 0 bridgehead atoms. The fourth-order valence-corrected chi connectivity index (χ4v) is 2.87. The normalized spacial score (nSPS) is 10.8. The van der Waals surface area contributed by atoms with Gasteiger partial charge in [0.25, 0.3) is 5.91 Å². The highest BCUT2D eigenvalue weighted by atomic mass is 16.5. The number of hydrogen-bond acceptors (Lipinski definition) is 5. The highest BCUT2D eigenvalue weighted by Gasteiger charge is 2.13. The number of nitrogens with one attached hydrogen (secondary N) is 1. The molecule has 140 valence electrons. The Bertz CT molecular complexity index is 1120. The van der Waals surface area contributed by atoms with Crippen molar-refractivity contribution in [3.8, 4) is 17.2 Å². The van der Waals surface area contributed by atoms with Crippen LogP contribution in [0.4, 0.5) is 5.69 Å². The third-order valence-corrected chi connectivity index (χ3v) is 4.28. The average molecular weight is 373 g/mol. The van der Waals surface area contributed by atoms with E-state index in [9.17, 15) is 4.79 Å². The molecule has 2 heterocycles. The number of anilines is 1. The number of benzene rings is 2. The van der Waals surface area contributed by atoms with Crippen LogP contribution in [0.5, 0.6) is 5.75 Å². The third kappa shape index (κ3) is 3.86. The monoisotopic (exact) mass is 373 g/mol. The lowest BCUT2D eigenvalue weighted by atomic mass is 10.1. The van der Waals surface area contributed by atoms with E-state index >= 15 is 0 Å². The van der Waals surface area contributed by atoms with Gasteiger partial charge in [-0.05, 0) is 61.4 Å². The van der Waals surface area contributed by atoms with Gasteiger partial charge >= 0.3 is 0 Å². The van der Waals surface area contributed by atoms with Crippen molar-refractivity contribution in [3.05, 3.63) is 71.9 Å². The molecule has 1 amide bonds. The fourth-order valence-electron chi connectivity index (χ4n) is 2.87. The van der Waals surface area contributed by atoms with E-state index in [0.717, 1.165) is 16.7 Å². The molecular weight excluding hydrogens is 354 g/mol. The Morgan fingerprint density at radius 2 is 2.00 bits per heavy atom. The van der Waals surface area contributed by atoms with Crippen LogP contribution in [0.15, 0.2) is 65.2 Å². The summed E-state index contributed by atoms with van der Waals surface area (Å²) in [5.74, 6) is 0.896. The number of aryl methyl sites for hydroxylation is 2. The van der Waals surface area contributed by atoms with Crippen LogP contribution >= 0.6 is 0 Å². The smallest absolute Gasteiger partial charge is 0.262 e. The molecule has 0 saturated heterocycles. The van der Waals surface area contributed by atoms with E-state index in [0.29, 0.717) is 28.6 Å². The Labute approximate surface area is 162 Å². The SMILES string of the molecule is Cc1cccc(OCC(=O)Nc2ccc(C)c(-c3nc4ncccc4o3)c2)c1. The predicted octanol–water partition coefficient (Wildman–Crippen LogP) is 4.52. The zero-order valence-electron chi connectivity index (χ0n) is 15.6. The van der Waals surface area contributed by atoms with E-state index in [-0.39, 0.29) is 12.5 Å². The number of nitrogens with zero attached hydrogens (tertiary/aromatic N) is 2. The van der Waals surface area contributed by atoms with Crippen molar-refractivity contribution < 1.29 is 13.9 Å². The summed E-state index contributed by atoms with van der Waals surface area (Å²) in [7, 11) is 0. The second kappa shape index (κ2) is 7.52.